The van der Waals surface area contributed by atoms with Crippen LogP contribution in [0.5, 0.6) is 5.75 Å². The molecule has 0 bridgehead atoms. The lowest BCUT2D eigenvalue weighted by Crippen LogP contribution is -2.08. The van der Waals surface area contributed by atoms with E-state index >= 15 is 0 Å². The Balaban J connectivity index is 1.63. The van der Waals surface area contributed by atoms with Gasteiger partial charge in [-0.05, 0) is 48.0 Å². The Bertz CT molecular complexity index is 927. The van der Waals surface area contributed by atoms with Crippen molar-refractivity contribution in [3.63, 3.8) is 0 Å². The van der Waals surface area contributed by atoms with Crippen LogP contribution >= 0.6 is 0 Å². The van der Waals surface area contributed by atoms with Crippen molar-refractivity contribution in [3.8, 4) is 5.75 Å². The minimum atomic E-state index is -0.562. The fourth-order valence-corrected chi connectivity index (χ4v) is 2.27. The molecule has 4 heteroatoms. The zero-order valence-electron chi connectivity index (χ0n) is 13.8. The van der Waals surface area contributed by atoms with Crippen LogP contribution in [0.25, 0.3) is 6.08 Å². The van der Waals surface area contributed by atoms with E-state index in [1.54, 1.807) is 42.5 Å². The minimum Gasteiger partial charge on any atom is -0.423 e. The molecule has 0 unspecified atom stereocenters. The van der Waals surface area contributed by atoms with Crippen molar-refractivity contribution in [2.45, 2.75) is 0 Å². The maximum atomic E-state index is 12.9. The van der Waals surface area contributed by atoms with Gasteiger partial charge in [-0.3, -0.25) is 4.79 Å². The molecule has 0 fully saturated rings. The van der Waals surface area contributed by atoms with Crippen LogP contribution < -0.4 is 4.74 Å². The summed E-state index contributed by atoms with van der Waals surface area (Å²) in [7, 11) is 0. The summed E-state index contributed by atoms with van der Waals surface area (Å²) in [5.74, 6) is -0.696. The number of hydrogen-bond acceptors (Lipinski definition) is 3. The van der Waals surface area contributed by atoms with E-state index in [0.717, 1.165) is 5.56 Å². The Kier molecular flexibility index (Phi) is 5.34. The maximum Gasteiger partial charge on any atom is 0.343 e. The van der Waals surface area contributed by atoms with E-state index in [1.807, 2.05) is 18.2 Å². The van der Waals surface area contributed by atoms with Gasteiger partial charge in [0.25, 0.3) is 0 Å². The molecule has 0 aromatic heterocycles. The number of carbonyl (C=O) groups is 2. The molecule has 0 aliphatic carbocycles. The van der Waals surface area contributed by atoms with Crippen LogP contribution in [0.1, 0.15) is 26.3 Å². The van der Waals surface area contributed by atoms with Crippen molar-refractivity contribution >= 4 is 17.8 Å². The number of halogens is 1. The van der Waals surface area contributed by atoms with Crippen LogP contribution in [0, 0.1) is 5.82 Å². The van der Waals surface area contributed by atoms with E-state index < -0.39 is 11.8 Å². The molecule has 3 aromatic rings. The van der Waals surface area contributed by atoms with Gasteiger partial charge < -0.3 is 4.74 Å². The Morgan fingerprint density at radius 3 is 2.08 bits per heavy atom. The molecule has 0 N–H and O–H groups in total. The molecule has 128 valence electrons. The lowest BCUT2D eigenvalue weighted by molar-refractivity contribution is 0.0734. The molecule has 0 aliphatic heterocycles. The number of ether oxygens (including phenoxy) is 1. The third kappa shape index (κ3) is 4.51. The summed E-state index contributed by atoms with van der Waals surface area (Å²) in [6.07, 6.45) is 3.19. The summed E-state index contributed by atoms with van der Waals surface area (Å²) in [6, 6.07) is 20.9. The number of carbonyl (C=O) groups excluding carboxylic acids is 2. The third-order valence-electron chi connectivity index (χ3n) is 3.66. The SMILES string of the molecule is O=C(/C=C\c1ccc(OC(=O)c2ccc(F)cc2)cc1)c1ccccc1. The predicted molar refractivity (Wildman–Crippen MR) is 97.6 cm³/mol. The van der Waals surface area contributed by atoms with E-state index in [1.165, 1.54) is 30.3 Å². The average Bonchev–Trinajstić information content (AvgIpc) is 2.68. The first-order valence-corrected chi connectivity index (χ1v) is 7.97. The second-order valence-electron chi connectivity index (χ2n) is 5.53. The number of allylic oxidation sites excluding steroid dienone is 1. The van der Waals surface area contributed by atoms with E-state index in [2.05, 4.69) is 0 Å². The molecule has 0 atom stereocenters. The van der Waals surface area contributed by atoms with Crippen LogP contribution in [0.2, 0.25) is 0 Å². The molecule has 3 aromatic carbocycles. The topological polar surface area (TPSA) is 43.4 Å². The van der Waals surface area contributed by atoms with Gasteiger partial charge in [0.05, 0.1) is 5.56 Å². The van der Waals surface area contributed by atoms with Gasteiger partial charge in [0.15, 0.2) is 5.78 Å². The molecule has 26 heavy (non-hydrogen) atoms. The van der Waals surface area contributed by atoms with Gasteiger partial charge in [-0.25, -0.2) is 9.18 Å². The summed E-state index contributed by atoms with van der Waals surface area (Å²) in [4.78, 5) is 24.0. The van der Waals surface area contributed by atoms with Crippen molar-refractivity contribution in [1.82, 2.24) is 0 Å². The second-order valence-corrected chi connectivity index (χ2v) is 5.53. The summed E-state index contributed by atoms with van der Waals surface area (Å²) in [5.41, 5.74) is 1.69. The number of benzene rings is 3. The Morgan fingerprint density at radius 1 is 0.769 bits per heavy atom. The number of ketones is 1. The van der Waals surface area contributed by atoms with Crippen LogP contribution in [-0.4, -0.2) is 11.8 Å². The largest absolute Gasteiger partial charge is 0.423 e. The molecule has 3 rings (SSSR count). The first-order chi connectivity index (χ1) is 12.6. The average molecular weight is 346 g/mol. The fraction of sp³-hybridized carbons (Fsp3) is 0. The Hall–Kier alpha value is -3.53. The summed E-state index contributed by atoms with van der Waals surface area (Å²) in [6.45, 7) is 0. The van der Waals surface area contributed by atoms with Crippen molar-refractivity contribution in [1.29, 1.82) is 0 Å². The first-order valence-electron chi connectivity index (χ1n) is 7.97. The molecular formula is C22H15FO3. The van der Waals surface area contributed by atoms with Crippen LogP contribution in [0.15, 0.2) is 84.9 Å². The molecule has 3 nitrogen and oxygen atoms in total. The summed E-state index contributed by atoms with van der Waals surface area (Å²) in [5, 5.41) is 0. The first kappa shape index (κ1) is 17.3. The van der Waals surface area contributed by atoms with E-state index in [4.69, 9.17) is 4.74 Å². The molecule has 0 spiro atoms. The second kappa shape index (κ2) is 8.03. The van der Waals surface area contributed by atoms with Crippen molar-refractivity contribution in [2.24, 2.45) is 0 Å². The van der Waals surface area contributed by atoms with Gasteiger partial charge in [0, 0.05) is 5.56 Å². The third-order valence-corrected chi connectivity index (χ3v) is 3.66. The fourth-order valence-electron chi connectivity index (χ4n) is 2.27. The van der Waals surface area contributed by atoms with Crippen LogP contribution in [0.3, 0.4) is 0 Å². The monoisotopic (exact) mass is 346 g/mol. The Labute approximate surface area is 150 Å². The van der Waals surface area contributed by atoms with E-state index in [-0.39, 0.29) is 11.3 Å². The van der Waals surface area contributed by atoms with Crippen molar-refractivity contribution < 1.29 is 18.7 Å². The van der Waals surface area contributed by atoms with Crippen molar-refractivity contribution in [2.75, 3.05) is 0 Å². The molecule has 0 radical (unpaired) electrons. The summed E-state index contributed by atoms with van der Waals surface area (Å²) < 4.78 is 18.1. The van der Waals surface area contributed by atoms with Gasteiger partial charge in [-0.1, -0.05) is 48.5 Å². The minimum absolute atomic E-state index is 0.0857. The zero-order chi connectivity index (χ0) is 18.4. The highest BCUT2D eigenvalue weighted by Crippen LogP contribution is 2.16. The highest BCUT2D eigenvalue weighted by molar-refractivity contribution is 6.06. The quantitative estimate of drug-likeness (QED) is 0.284. The van der Waals surface area contributed by atoms with Crippen LogP contribution in [0.4, 0.5) is 4.39 Å². The molecule has 0 saturated heterocycles. The predicted octanol–water partition coefficient (Wildman–Crippen LogP) is 4.94. The summed E-state index contributed by atoms with van der Waals surface area (Å²) >= 11 is 0. The van der Waals surface area contributed by atoms with Gasteiger partial charge in [0.1, 0.15) is 11.6 Å². The van der Waals surface area contributed by atoms with E-state index in [9.17, 15) is 14.0 Å². The van der Waals surface area contributed by atoms with Gasteiger partial charge in [-0.2, -0.15) is 0 Å². The van der Waals surface area contributed by atoms with Gasteiger partial charge >= 0.3 is 5.97 Å². The molecule has 0 saturated carbocycles. The Morgan fingerprint density at radius 2 is 1.42 bits per heavy atom. The smallest absolute Gasteiger partial charge is 0.343 e. The van der Waals surface area contributed by atoms with E-state index in [0.29, 0.717) is 11.3 Å². The molecule has 0 amide bonds. The van der Waals surface area contributed by atoms with Crippen LogP contribution in [-0.2, 0) is 0 Å². The number of esters is 1. The zero-order valence-corrected chi connectivity index (χ0v) is 13.8. The highest BCUT2D eigenvalue weighted by Gasteiger charge is 2.08. The van der Waals surface area contributed by atoms with Gasteiger partial charge in [0.2, 0.25) is 0 Å². The highest BCUT2D eigenvalue weighted by atomic mass is 19.1. The lowest BCUT2D eigenvalue weighted by Gasteiger charge is -2.04. The van der Waals surface area contributed by atoms with Gasteiger partial charge in [-0.15, -0.1) is 0 Å². The normalized spacial score (nSPS) is 10.7. The number of rotatable bonds is 5. The van der Waals surface area contributed by atoms with Crippen molar-refractivity contribution in [3.05, 3.63) is 107 Å². The molecular weight excluding hydrogens is 331 g/mol. The lowest BCUT2D eigenvalue weighted by atomic mass is 10.1. The standard InChI is InChI=1S/C22H15FO3/c23-19-11-9-18(10-12-19)22(25)26-20-13-6-16(7-14-20)8-15-21(24)17-4-2-1-3-5-17/h1-15H/b15-8-. The molecule has 0 aliphatic rings. The number of hydrogen-bond donors (Lipinski definition) is 0. The molecule has 0 heterocycles. The maximum absolute atomic E-state index is 12.9.